The summed E-state index contributed by atoms with van der Waals surface area (Å²) < 4.78 is 17.5. The van der Waals surface area contributed by atoms with Crippen molar-refractivity contribution in [2.24, 2.45) is 0 Å². The van der Waals surface area contributed by atoms with Gasteiger partial charge in [-0.2, -0.15) is 0 Å². The van der Waals surface area contributed by atoms with Crippen LogP contribution in [-0.2, 0) is 22.4 Å². The zero-order chi connectivity index (χ0) is 23.7. The molecule has 1 aliphatic rings. The lowest BCUT2D eigenvalue weighted by Gasteiger charge is -2.40. The van der Waals surface area contributed by atoms with Crippen molar-refractivity contribution >= 4 is 11.4 Å². The summed E-state index contributed by atoms with van der Waals surface area (Å²) in [5.74, 6) is 1.39. The average Bonchev–Trinajstić information content (AvgIpc) is 2.73. The Morgan fingerprint density at radius 3 is 2.41 bits per heavy atom. The van der Waals surface area contributed by atoms with Crippen molar-refractivity contribution < 1.29 is 24.1 Å². The molecule has 1 heterocycles. The topological polar surface area (TPSA) is 65.0 Å². The maximum atomic E-state index is 13.3. The van der Waals surface area contributed by atoms with Gasteiger partial charge < -0.3 is 19.3 Å². The molecule has 0 bridgehead atoms. The van der Waals surface area contributed by atoms with Crippen molar-refractivity contribution in [2.45, 2.75) is 58.7 Å². The Balaban J connectivity index is 2.09. The molecule has 0 unspecified atom stereocenters. The second-order valence-electron chi connectivity index (χ2n) is 8.93. The molecule has 0 spiro atoms. The normalized spacial score (nSPS) is 17.2. The first-order valence-electron chi connectivity index (χ1n) is 10.8. The van der Waals surface area contributed by atoms with E-state index in [0.29, 0.717) is 29.2 Å². The molecular weight excluding hydrogens is 404 g/mol. The molecule has 5 heteroatoms. The second kappa shape index (κ2) is 8.83. The first kappa shape index (κ1) is 23.6. The molecule has 2 aromatic rings. The summed E-state index contributed by atoms with van der Waals surface area (Å²) in [6, 6.07) is 11.3. The smallest absolute Gasteiger partial charge is 0.198 e. The summed E-state index contributed by atoms with van der Waals surface area (Å²) in [6.07, 6.45) is 3.26. The van der Waals surface area contributed by atoms with Crippen LogP contribution in [0.5, 0.6) is 17.2 Å². The number of hydrogen-bond donors (Lipinski definition) is 1. The third-order valence-electron chi connectivity index (χ3n) is 5.66. The number of Topliss-reactive ketones (excluding diaryl/α,β-unsaturated/α-hetero) is 1. The van der Waals surface area contributed by atoms with E-state index in [1.54, 1.807) is 40.9 Å². The van der Waals surface area contributed by atoms with Crippen molar-refractivity contribution in [1.82, 2.24) is 0 Å². The third-order valence-corrected chi connectivity index (χ3v) is 5.66. The zero-order valence-electron chi connectivity index (χ0n) is 19.7. The van der Waals surface area contributed by atoms with Crippen LogP contribution in [0.1, 0.15) is 51.3 Å². The van der Waals surface area contributed by atoms with E-state index in [2.05, 4.69) is 6.58 Å². The Hall–Kier alpha value is -3.05. The molecule has 0 aliphatic carbocycles. The van der Waals surface area contributed by atoms with Gasteiger partial charge in [0.1, 0.15) is 22.7 Å². The Morgan fingerprint density at radius 1 is 1.06 bits per heavy atom. The predicted octanol–water partition coefficient (Wildman–Crippen LogP) is 6.20. The average molecular weight is 437 g/mol. The molecule has 2 aromatic carbocycles. The van der Waals surface area contributed by atoms with Crippen LogP contribution in [0.3, 0.4) is 0 Å². The van der Waals surface area contributed by atoms with Gasteiger partial charge >= 0.3 is 0 Å². The minimum absolute atomic E-state index is 0.0694. The SMILES string of the molecule is C=CCc1ccc(Oc2ccc(CC)c(C3=C(O)C(C)(C)OC(C)(C)C3=O)c2)c(OC)c1. The fourth-order valence-corrected chi connectivity index (χ4v) is 4.07. The van der Waals surface area contributed by atoms with Gasteiger partial charge in [0.05, 0.1) is 12.7 Å². The summed E-state index contributed by atoms with van der Waals surface area (Å²) in [5, 5.41) is 11.0. The Kier molecular flexibility index (Phi) is 6.51. The fourth-order valence-electron chi connectivity index (χ4n) is 4.07. The summed E-state index contributed by atoms with van der Waals surface area (Å²) in [5.41, 5.74) is 0.893. The van der Waals surface area contributed by atoms with Crippen LogP contribution in [0.4, 0.5) is 0 Å². The van der Waals surface area contributed by atoms with Gasteiger partial charge in [0.2, 0.25) is 0 Å². The quantitative estimate of drug-likeness (QED) is 0.523. The number of ether oxygens (including phenoxy) is 3. The van der Waals surface area contributed by atoms with Crippen molar-refractivity contribution in [3.05, 3.63) is 71.5 Å². The van der Waals surface area contributed by atoms with E-state index in [0.717, 1.165) is 17.5 Å². The van der Waals surface area contributed by atoms with E-state index >= 15 is 0 Å². The molecule has 170 valence electrons. The van der Waals surface area contributed by atoms with Gasteiger partial charge in [-0.15, -0.1) is 6.58 Å². The van der Waals surface area contributed by atoms with Gasteiger partial charge in [0, 0.05) is 0 Å². The van der Waals surface area contributed by atoms with Gasteiger partial charge in [0.15, 0.2) is 17.3 Å². The van der Waals surface area contributed by atoms with Crippen molar-refractivity contribution in [1.29, 1.82) is 0 Å². The minimum Gasteiger partial charge on any atom is -0.508 e. The third kappa shape index (κ3) is 4.44. The number of allylic oxidation sites excluding steroid dienone is 1. The molecule has 0 saturated carbocycles. The van der Waals surface area contributed by atoms with Gasteiger partial charge in [-0.1, -0.05) is 25.1 Å². The van der Waals surface area contributed by atoms with Crippen LogP contribution < -0.4 is 9.47 Å². The number of carbonyl (C=O) groups is 1. The molecule has 5 nitrogen and oxygen atoms in total. The van der Waals surface area contributed by atoms with Crippen molar-refractivity contribution in [2.75, 3.05) is 7.11 Å². The molecule has 0 radical (unpaired) electrons. The molecule has 0 aromatic heterocycles. The van der Waals surface area contributed by atoms with E-state index in [9.17, 15) is 9.90 Å². The number of aliphatic hydroxyl groups is 1. The summed E-state index contributed by atoms with van der Waals surface area (Å²) in [4.78, 5) is 13.3. The van der Waals surface area contributed by atoms with Crippen LogP contribution in [0.15, 0.2) is 54.8 Å². The number of hydrogen-bond acceptors (Lipinski definition) is 5. The number of aliphatic hydroxyl groups excluding tert-OH is 1. The highest BCUT2D eigenvalue weighted by molar-refractivity contribution is 6.26. The highest BCUT2D eigenvalue weighted by atomic mass is 16.5. The lowest BCUT2D eigenvalue weighted by molar-refractivity contribution is -0.158. The van der Waals surface area contributed by atoms with E-state index < -0.39 is 11.2 Å². The molecule has 0 fully saturated rings. The Bertz CT molecular complexity index is 1080. The number of carbonyl (C=O) groups excluding carboxylic acids is 1. The largest absolute Gasteiger partial charge is 0.508 e. The van der Waals surface area contributed by atoms with Gasteiger partial charge in [0.25, 0.3) is 0 Å². The molecule has 0 saturated heterocycles. The van der Waals surface area contributed by atoms with Crippen LogP contribution in [-0.4, -0.2) is 29.2 Å². The molecule has 3 rings (SSSR count). The second-order valence-corrected chi connectivity index (χ2v) is 8.93. The summed E-state index contributed by atoms with van der Waals surface area (Å²) >= 11 is 0. The highest BCUT2D eigenvalue weighted by Crippen LogP contribution is 2.42. The maximum absolute atomic E-state index is 13.3. The van der Waals surface area contributed by atoms with Crippen molar-refractivity contribution in [3.8, 4) is 17.2 Å². The molecular formula is C27H32O5. The van der Waals surface area contributed by atoms with Crippen LogP contribution in [0, 0.1) is 0 Å². The molecule has 0 amide bonds. The summed E-state index contributed by atoms with van der Waals surface area (Å²) in [6.45, 7) is 12.8. The first-order valence-corrected chi connectivity index (χ1v) is 10.8. The maximum Gasteiger partial charge on any atom is 0.198 e. The standard InChI is InChI=1S/C27H32O5/c1-8-10-17-11-14-21(22(15-17)30-7)31-19-13-12-18(9-2)20(16-19)23-24(28)26(3,4)32-27(5,6)25(23)29/h8,11-16,28H,1,9-10H2,2-7H3. The highest BCUT2D eigenvalue weighted by Gasteiger charge is 2.47. The lowest BCUT2D eigenvalue weighted by Crippen LogP contribution is -2.49. The lowest BCUT2D eigenvalue weighted by atomic mass is 9.81. The number of methoxy groups -OCH3 is 1. The predicted molar refractivity (Wildman–Crippen MR) is 127 cm³/mol. The van der Waals surface area contributed by atoms with Gasteiger partial charge in [-0.3, -0.25) is 4.79 Å². The summed E-state index contributed by atoms with van der Waals surface area (Å²) in [7, 11) is 1.60. The van der Waals surface area contributed by atoms with E-state index in [1.165, 1.54) is 0 Å². The van der Waals surface area contributed by atoms with E-state index in [1.807, 2.05) is 43.3 Å². The van der Waals surface area contributed by atoms with Crippen LogP contribution in [0.2, 0.25) is 0 Å². The molecule has 0 atom stereocenters. The van der Waals surface area contributed by atoms with Crippen LogP contribution >= 0.6 is 0 Å². The molecule has 1 N–H and O–H groups in total. The Morgan fingerprint density at radius 2 is 1.78 bits per heavy atom. The van der Waals surface area contributed by atoms with Crippen LogP contribution in [0.25, 0.3) is 5.57 Å². The number of benzene rings is 2. The van der Waals surface area contributed by atoms with Gasteiger partial charge in [-0.05, 0) is 81.5 Å². The zero-order valence-corrected chi connectivity index (χ0v) is 19.7. The fraction of sp³-hybridized carbons (Fsp3) is 0.370. The van der Waals surface area contributed by atoms with E-state index in [-0.39, 0.29) is 17.1 Å². The van der Waals surface area contributed by atoms with Crippen molar-refractivity contribution in [3.63, 3.8) is 0 Å². The van der Waals surface area contributed by atoms with E-state index in [4.69, 9.17) is 14.2 Å². The minimum atomic E-state index is -1.06. The monoisotopic (exact) mass is 436 g/mol. The molecule has 1 aliphatic heterocycles. The number of rotatable bonds is 7. The first-order chi connectivity index (χ1) is 15.0. The number of aryl methyl sites for hydroxylation is 1. The Labute approximate surface area is 190 Å². The molecule has 32 heavy (non-hydrogen) atoms. The van der Waals surface area contributed by atoms with Gasteiger partial charge in [-0.25, -0.2) is 0 Å². The number of ketones is 1.